The van der Waals surface area contributed by atoms with Crippen LogP contribution in [0.15, 0.2) is 30.3 Å². The van der Waals surface area contributed by atoms with Gasteiger partial charge in [0, 0.05) is 12.6 Å². The highest BCUT2D eigenvalue weighted by Crippen LogP contribution is 2.41. The minimum Gasteiger partial charge on any atom is -0.344 e. The fraction of sp³-hybridized carbons (Fsp3) is 0.625. The first-order chi connectivity index (χ1) is 9.05. The predicted molar refractivity (Wildman–Crippen MR) is 74.7 cm³/mol. The maximum Gasteiger partial charge on any atom is 0.163 e. The number of fused-ring (bicyclic) bond motifs is 1. The Morgan fingerprint density at radius 3 is 2.58 bits per heavy atom. The summed E-state index contributed by atoms with van der Waals surface area (Å²) in [5.74, 6) is 0.122. The molecule has 4 atom stereocenters. The molecule has 3 heteroatoms. The Bertz CT molecular complexity index is 432. The number of nitrogens with one attached hydrogen (secondary N) is 1. The van der Waals surface area contributed by atoms with E-state index >= 15 is 0 Å². The van der Waals surface area contributed by atoms with E-state index in [1.54, 1.807) is 0 Å². The van der Waals surface area contributed by atoms with E-state index in [0.717, 1.165) is 13.0 Å². The summed E-state index contributed by atoms with van der Waals surface area (Å²) < 4.78 is 12.1. The van der Waals surface area contributed by atoms with Gasteiger partial charge in [0.1, 0.15) is 6.10 Å². The maximum absolute atomic E-state index is 6.06. The summed E-state index contributed by atoms with van der Waals surface area (Å²) in [6.45, 7) is 7.16. The van der Waals surface area contributed by atoms with Gasteiger partial charge in [0.05, 0.1) is 6.10 Å². The molecule has 1 aliphatic carbocycles. The first kappa shape index (κ1) is 13.1. The van der Waals surface area contributed by atoms with Crippen LogP contribution in [-0.4, -0.2) is 24.0 Å². The Balaban J connectivity index is 1.63. The Morgan fingerprint density at radius 2 is 1.84 bits per heavy atom. The second kappa shape index (κ2) is 4.89. The quantitative estimate of drug-likeness (QED) is 0.907. The summed E-state index contributed by atoms with van der Waals surface area (Å²) in [5.41, 5.74) is 1.32. The van der Waals surface area contributed by atoms with Crippen molar-refractivity contribution in [1.29, 1.82) is 0 Å². The van der Waals surface area contributed by atoms with Crippen molar-refractivity contribution in [3.63, 3.8) is 0 Å². The molecular formula is C16H23NO2. The molecule has 3 rings (SSSR count). The lowest BCUT2D eigenvalue weighted by Crippen LogP contribution is -2.39. The van der Waals surface area contributed by atoms with Crippen LogP contribution in [0.5, 0.6) is 0 Å². The Kier molecular flexibility index (Phi) is 3.37. The van der Waals surface area contributed by atoms with Gasteiger partial charge in [-0.1, -0.05) is 37.3 Å². The minimum atomic E-state index is -0.434. The summed E-state index contributed by atoms with van der Waals surface area (Å²) in [4.78, 5) is 0. The first-order valence-corrected chi connectivity index (χ1v) is 7.18. The van der Waals surface area contributed by atoms with Gasteiger partial charge in [-0.05, 0) is 31.7 Å². The summed E-state index contributed by atoms with van der Waals surface area (Å²) in [6.07, 6.45) is 1.55. The molecule has 3 nitrogen and oxygen atoms in total. The van der Waals surface area contributed by atoms with Gasteiger partial charge >= 0.3 is 0 Å². The second-order valence-electron chi connectivity index (χ2n) is 6.25. The van der Waals surface area contributed by atoms with Crippen LogP contribution in [0, 0.1) is 5.92 Å². The van der Waals surface area contributed by atoms with Crippen LogP contribution >= 0.6 is 0 Å². The molecule has 1 aromatic carbocycles. The molecule has 104 valence electrons. The average Bonchev–Trinajstić information content (AvgIpc) is 2.84. The largest absolute Gasteiger partial charge is 0.344 e. The summed E-state index contributed by atoms with van der Waals surface area (Å²) >= 11 is 0. The molecule has 1 aliphatic heterocycles. The first-order valence-electron chi connectivity index (χ1n) is 7.18. The van der Waals surface area contributed by atoms with E-state index in [1.807, 2.05) is 19.9 Å². The van der Waals surface area contributed by atoms with Crippen molar-refractivity contribution in [1.82, 2.24) is 5.32 Å². The average molecular weight is 261 g/mol. The highest BCUT2D eigenvalue weighted by molar-refractivity contribution is 5.14. The van der Waals surface area contributed by atoms with Gasteiger partial charge in [-0.3, -0.25) is 0 Å². The molecule has 1 heterocycles. The zero-order valence-electron chi connectivity index (χ0n) is 11.9. The molecule has 1 saturated carbocycles. The highest BCUT2D eigenvalue weighted by atomic mass is 16.8. The molecular weight excluding hydrogens is 238 g/mol. The van der Waals surface area contributed by atoms with E-state index in [1.165, 1.54) is 5.56 Å². The van der Waals surface area contributed by atoms with Crippen molar-refractivity contribution in [2.45, 2.75) is 57.8 Å². The minimum absolute atomic E-state index is 0.189. The van der Waals surface area contributed by atoms with E-state index in [9.17, 15) is 0 Å². The SMILES string of the molecule is C[C@H]1C[C@@H](NCc2ccccc2)[C@@H]2OC(C)(C)O[C@@H]21. The number of hydrogen-bond donors (Lipinski definition) is 1. The number of hydrogen-bond acceptors (Lipinski definition) is 3. The number of benzene rings is 1. The summed E-state index contributed by atoms with van der Waals surface area (Å²) in [6, 6.07) is 10.9. The summed E-state index contributed by atoms with van der Waals surface area (Å²) in [5, 5.41) is 3.63. The molecule has 0 amide bonds. The molecule has 2 aliphatic rings. The van der Waals surface area contributed by atoms with Crippen molar-refractivity contribution in [2.75, 3.05) is 0 Å². The molecule has 0 unspecified atom stereocenters. The van der Waals surface area contributed by atoms with Crippen LogP contribution in [0.3, 0.4) is 0 Å². The highest BCUT2D eigenvalue weighted by Gasteiger charge is 2.52. The van der Waals surface area contributed by atoms with Gasteiger partial charge in [-0.15, -0.1) is 0 Å². The molecule has 0 spiro atoms. The Morgan fingerprint density at radius 1 is 1.16 bits per heavy atom. The third-order valence-corrected chi connectivity index (χ3v) is 4.16. The third-order valence-electron chi connectivity index (χ3n) is 4.16. The van der Waals surface area contributed by atoms with E-state index in [-0.39, 0.29) is 12.2 Å². The molecule has 2 fully saturated rings. The normalized spacial score (nSPS) is 36.4. The molecule has 0 radical (unpaired) electrons. The van der Waals surface area contributed by atoms with Crippen molar-refractivity contribution in [2.24, 2.45) is 5.92 Å². The van der Waals surface area contributed by atoms with Crippen LogP contribution in [-0.2, 0) is 16.0 Å². The van der Waals surface area contributed by atoms with Crippen LogP contribution in [0.4, 0.5) is 0 Å². The van der Waals surface area contributed by atoms with Gasteiger partial charge in [0.25, 0.3) is 0 Å². The maximum atomic E-state index is 6.06. The van der Waals surface area contributed by atoms with Gasteiger partial charge in [-0.2, -0.15) is 0 Å². The molecule has 1 aromatic rings. The van der Waals surface area contributed by atoms with Gasteiger partial charge < -0.3 is 14.8 Å². The van der Waals surface area contributed by atoms with Gasteiger partial charge in [0.15, 0.2) is 5.79 Å². The van der Waals surface area contributed by atoms with E-state index in [0.29, 0.717) is 12.0 Å². The van der Waals surface area contributed by atoms with E-state index < -0.39 is 5.79 Å². The molecule has 1 N–H and O–H groups in total. The fourth-order valence-electron chi connectivity index (χ4n) is 3.28. The van der Waals surface area contributed by atoms with Crippen molar-refractivity contribution >= 4 is 0 Å². The fourth-order valence-corrected chi connectivity index (χ4v) is 3.28. The smallest absolute Gasteiger partial charge is 0.163 e. The van der Waals surface area contributed by atoms with E-state index in [4.69, 9.17) is 9.47 Å². The van der Waals surface area contributed by atoms with Crippen LogP contribution < -0.4 is 5.32 Å². The Hall–Kier alpha value is -0.900. The monoisotopic (exact) mass is 261 g/mol. The Labute approximate surface area is 115 Å². The van der Waals surface area contributed by atoms with Crippen LogP contribution in [0.2, 0.25) is 0 Å². The van der Waals surface area contributed by atoms with Crippen molar-refractivity contribution in [3.05, 3.63) is 35.9 Å². The molecule has 1 saturated heterocycles. The topological polar surface area (TPSA) is 30.5 Å². The molecule has 0 aromatic heterocycles. The van der Waals surface area contributed by atoms with Crippen molar-refractivity contribution in [3.8, 4) is 0 Å². The van der Waals surface area contributed by atoms with E-state index in [2.05, 4.69) is 36.5 Å². The number of ether oxygens (including phenoxy) is 2. The zero-order valence-corrected chi connectivity index (χ0v) is 11.9. The van der Waals surface area contributed by atoms with Crippen LogP contribution in [0.1, 0.15) is 32.8 Å². The predicted octanol–water partition coefficient (Wildman–Crippen LogP) is 2.70. The zero-order chi connectivity index (χ0) is 13.5. The molecule has 19 heavy (non-hydrogen) atoms. The summed E-state index contributed by atoms with van der Waals surface area (Å²) in [7, 11) is 0. The lowest BCUT2D eigenvalue weighted by Gasteiger charge is -2.23. The molecule has 0 bridgehead atoms. The lowest BCUT2D eigenvalue weighted by atomic mass is 10.1. The standard InChI is InChI=1S/C16H23NO2/c1-11-9-13(15-14(11)18-16(2,3)19-15)17-10-12-7-5-4-6-8-12/h4-8,11,13-15,17H,9-10H2,1-3H3/t11-,13+,14+,15-/m0/s1. The number of rotatable bonds is 3. The van der Waals surface area contributed by atoms with Gasteiger partial charge in [-0.25, -0.2) is 0 Å². The second-order valence-corrected chi connectivity index (χ2v) is 6.25. The lowest BCUT2D eigenvalue weighted by molar-refractivity contribution is -0.158. The van der Waals surface area contributed by atoms with Crippen molar-refractivity contribution < 1.29 is 9.47 Å². The van der Waals surface area contributed by atoms with Gasteiger partial charge in [0.2, 0.25) is 0 Å². The third kappa shape index (κ3) is 2.69. The van der Waals surface area contributed by atoms with Crippen LogP contribution in [0.25, 0.3) is 0 Å².